The minimum atomic E-state index is -0.218. The van der Waals surface area contributed by atoms with Crippen molar-refractivity contribution in [2.45, 2.75) is 12.3 Å². The molecule has 0 aliphatic heterocycles. The number of benzene rings is 2. The quantitative estimate of drug-likeness (QED) is 0.671. The number of hydrogen-bond acceptors (Lipinski definition) is 0. The molecule has 90 valence electrons. The average molecular weight is 234 g/mol. The Morgan fingerprint density at radius 2 is 1.28 bits per heavy atom. The van der Waals surface area contributed by atoms with Crippen molar-refractivity contribution in [1.82, 2.24) is 0 Å². The molecule has 0 aliphatic carbocycles. The van der Waals surface area contributed by atoms with Crippen LogP contribution in [0.5, 0.6) is 0 Å². The molecule has 0 radical (unpaired) electrons. The molecule has 0 saturated heterocycles. The molecule has 0 aliphatic rings. The first kappa shape index (κ1) is 12.4. The van der Waals surface area contributed by atoms with E-state index in [1.807, 2.05) is 18.2 Å². The lowest BCUT2D eigenvalue weighted by atomic mass is 9.71. The second-order valence-corrected chi connectivity index (χ2v) is 4.59. The van der Waals surface area contributed by atoms with Gasteiger partial charge in [-0.3, -0.25) is 0 Å². The first-order chi connectivity index (χ1) is 8.69. The van der Waals surface area contributed by atoms with Crippen LogP contribution in [-0.4, -0.2) is 0 Å². The third-order valence-electron chi connectivity index (χ3n) is 3.59. The van der Waals surface area contributed by atoms with Crippen molar-refractivity contribution in [3.05, 3.63) is 96.6 Å². The van der Waals surface area contributed by atoms with Gasteiger partial charge in [-0.15, -0.1) is 0 Å². The van der Waals surface area contributed by atoms with Crippen LogP contribution in [0.25, 0.3) is 0 Å². The molecule has 0 unspecified atom stereocenters. The van der Waals surface area contributed by atoms with Crippen LogP contribution in [0.3, 0.4) is 0 Å². The zero-order chi connectivity index (χ0) is 13.0. The van der Waals surface area contributed by atoms with Crippen molar-refractivity contribution >= 4 is 0 Å². The van der Waals surface area contributed by atoms with Gasteiger partial charge in [-0.25, -0.2) is 0 Å². The maximum Gasteiger partial charge on any atom is 0.0417 e. The molecule has 2 rings (SSSR count). The van der Waals surface area contributed by atoms with Crippen molar-refractivity contribution < 1.29 is 0 Å². The molecule has 0 saturated carbocycles. The number of allylic oxidation sites excluding steroid dienone is 2. The Bertz CT molecular complexity index is 495. The van der Waals surface area contributed by atoms with Gasteiger partial charge in [0.1, 0.15) is 0 Å². The van der Waals surface area contributed by atoms with Crippen molar-refractivity contribution in [2.75, 3.05) is 0 Å². The number of rotatable bonds is 4. The van der Waals surface area contributed by atoms with Gasteiger partial charge in [-0.05, 0) is 23.6 Å². The minimum Gasteiger partial charge on any atom is -0.0988 e. The van der Waals surface area contributed by atoms with Crippen LogP contribution in [-0.2, 0) is 5.41 Å². The Hall–Kier alpha value is -2.08. The summed E-state index contributed by atoms with van der Waals surface area (Å²) in [6.07, 6.45) is 1.85. The van der Waals surface area contributed by atoms with Gasteiger partial charge in [0.2, 0.25) is 0 Å². The second kappa shape index (κ2) is 5.05. The van der Waals surface area contributed by atoms with Gasteiger partial charge in [-0.1, -0.05) is 79.9 Å². The van der Waals surface area contributed by atoms with Crippen molar-refractivity contribution in [3.63, 3.8) is 0 Å². The zero-order valence-corrected chi connectivity index (χ0v) is 10.8. The van der Waals surface area contributed by atoms with E-state index in [-0.39, 0.29) is 5.41 Å². The topological polar surface area (TPSA) is 0 Å². The smallest absolute Gasteiger partial charge is 0.0417 e. The Balaban J connectivity index is 2.62. The molecular formula is C18H18. The fourth-order valence-electron chi connectivity index (χ4n) is 2.28. The summed E-state index contributed by atoms with van der Waals surface area (Å²) in [4.78, 5) is 0. The van der Waals surface area contributed by atoms with Crippen molar-refractivity contribution in [3.8, 4) is 0 Å². The molecule has 0 amide bonds. The highest BCUT2D eigenvalue weighted by atomic mass is 14.3. The summed E-state index contributed by atoms with van der Waals surface area (Å²) in [6.45, 7) is 10.3. The van der Waals surface area contributed by atoms with E-state index < -0.39 is 0 Å². The highest BCUT2D eigenvalue weighted by Gasteiger charge is 2.30. The minimum absolute atomic E-state index is 0.218. The first-order valence-corrected chi connectivity index (χ1v) is 6.12. The van der Waals surface area contributed by atoms with E-state index in [4.69, 9.17) is 0 Å². The lowest BCUT2D eigenvalue weighted by Gasteiger charge is -2.32. The second-order valence-electron chi connectivity index (χ2n) is 4.59. The Labute approximate surface area is 109 Å². The molecule has 0 aromatic heterocycles. The van der Waals surface area contributed by atoms with Crippen LogP contribution < -0.4 is 0 Å². The van der Waals surface area contributed by atoms with Gasteiger partial charge in [0, 0.05) is 5.41 Å². The summed E-state index contributed by atoms with van der Waals surface area (Å²) in [5.41, 5.74) is 3.27. The largest absolute Gasteiger partial charge is 0.0988 e. The lowest BCUT2D eigenvalue weighted by Crippen LogP contribution is -2.25. The molecule has 2 aromatic rings. The van der Waals surface area contributed by atoms with Gasteiger partial charge >= 0.3 is 0 Å². The Kier molecular flexibility index (Phi) is 3.47. The summed E-state index contributed by atoms with van der Waals surface area (Å²) < 4.78 is 0. The van der Waals surface area contributed by atoms with Gasteiger partial charge in [0.15, 0.2) is 0 Å². The standard InChI is InChI=1S/C18H18/c1-4-15(2)18(3,16-11-7-5-8-12-16)17-13-9-6-10-14-17/h4-14H,1-2H2,3H3. The average Bonchev–Trinajstić information content (AvgIpc) is 2.47. The highest BCUT2D eigenvalue weighted by molar-refractivity contribution is 5.49. The van der Waals surface area contributed by atoms with E-state index >= 15 is 0 Å². The zero-order valence-electron chi connectivity index (χ0n) is 10.8. The van der Waals surface area contributed by atoms with Crippen LogP contribution in [0.15, 0.2) is 85.5 Å². The van der Waals surface area contributed by atoms with Crippen LogP contribution in [0, 0.1) is 0 Å². The monoisotopic (exact) mass is 234 g/mol. The summed E-state index contributed by atoms with van der Waals surface area (Å²) in [6, 6.07) is 20.9. The van der Waals surface area contributed by atoms with Gasteiger partial charge in [-0.2, -0.15) is 0 Å². The molecule has 0 N–H and O–H groups in total. The maximum absolute atomic E-state index is 4.18. The van der Waals surface area contributed by atoms with E-state index in [1.165, 1.54) is 11.1 Å². The lowest BCUT2D eigenvalue weighted by molar-refractivity contribution is 0.694. The molecule has 0 atom stereocenters. The molecule has 0 heterocycles. The predicted molar refractivity (Wildman–Crippen MR) is 78.7 cm³/mol. The van der Waals surface area contributed by atoms with Crippen LogP contribution in [0.4, 0.5) is 0 Å². The first-order valence-electron chi connectivity index (χ1n) is 6.12. The fourth-order valence-corrected chi connectivity index (χ4v) is 2.28. The summed E-state index contributed by atoms with van der Waals surface area (Å²) >= 11 is 0. The molecular weight excluding hydrogens is 216 g/mol. The van der Waals surface area contributed by atoms with Gasteiger partial charge in [0.05, 0.1) is 0 Å². The van der Waals surface area contributed by atoms with Gasteiger partial charge < -0.3 is 0 Å². The van der Waals surface area contributed by atoms with Gasteiger partial charge in [0.25, 0.3) is 0 Å². The molecule has 2 aromatic carbocycles. The molecule has 0 nitrogen and oxygen atoms in total. The van der Waals surface area contributed by atoms with E-state index in [2.05, 4.69) is 68.6 Å². The Morgan fingerprint density at radius 3 is 1.61 bits per heavy atom. The number of hydrogen-bond donors (Lipinski definition) is 0. The third kappa shape index (κ3) is 2.02. The van der Waals surface area contributed by atoms with Crippen LogP contribution in [0.1, 0.15) is 18.1 Å². The van der Waals surface area contributed by atoms with Crippen molar-refractivity contribution in [2.24, 2.45) is 0 Å². The predicted octanol–water partition coefficient (Wildman–Crippen LogP) is 4.73. The molecule has 18 heavy (non-hydrogen) atoms. The van der Waals surface area contributed by atoms with Crippen LogP contribution >= 0.6 is 0 Å². The molecule has 0 spiro atoms. The summed E-state index contributed by atoms with van der Waals surface area (Å²) in [7, 11) is 0. The molecule has 0 heteroatoms. The summed E-state index contributed by atoms with van der Waals surface area (Å²) in [5.74, 6) is 0. The fraction of sp³-hybridized carbons (Fsp3) is 0.111. The SMILES string of the molecule is C=CC(=C)C(C)(c1ccccc1)c1ccccc1. The van der Waals surface area contributed by atoms with E-state index in [0.29, 0.717) is 0 Å². The van der Waals surface area contributed by atoms with Crippen LogP contribution in [0.2, 0.25) is 0 Å². The highest BCUT2D eigenvalue weighted by Crippen LogP contribution is 2.38. The third-order valence-corrected chi connectivity index (χ3v) is 3.59. The van der Waals surface area contributed by atoms with E-state index in [0.717, 1.165) is 5.57 Å². The van der Waals surface area contributed by atoms with E-state index in [9.17, 15) is 0 Å². The molecule has 0 bridgehead atoms. The van der Waals surface area contributed by atoms with E-state index in [1.54, 1.807) is 0 Å². The normalized spacial score (nSPS) is 10.9. The molecule has 0 fully saturated rings. The maximum atomic E-state index is 4.18. The Morgan fingerprint density at radius 1 is 0.889 bits per heavy atom. The summed E-state index contributed by atoms with van der Waals surface area (Å²) in [5, 5.41) is 0. The van der Waals surface area contributed by atoms with Crippen molar-refractivity contribution in [1.29, 1.82) is 0 Å².